The maximum absolute atomic E-state index is 3.85. The zero-order valence-electron chi connectivity index (χ0n) is 11.4. The molecule has 1 aromatic carbocycles. The number of hydrogen-bond donors (Lipinski definition) is 1. The Morgan fingerprint density at radius 3 is 2.89 bits per heavy atom. The Hall–Kier alpha value is -1.12. The first kappa shape index (κ1) is 13.3. The highest BCUT2D eigenvalue weighted by Gasteiger charge is 2.19. The molecule has 1 aliphatic heterocycles. The Morgan fingerprint density at radius 1 is 1.39 bits per heavy atom. The molecule has 98 valence electrons. The van der Waals surface area contributed by atoms with Crippen LogP contribution >= 0.6 is 0 Å². The summed E-state index contributed by atoms with van der Waals surface area (Å²) in [6.07, 6.45) is 4.36. The van der Waals surface area contributed by atoms with E-state index in [9.17, 15) is 0 Å². The Kier molecular flexibility index (Phi) is 4.97. The molecule has 1 unspecified atom stereocenters. The lowest BCUT2D eigenvalue weighted by molar-refractivity contribution is 0.257. The third-order valence-electron chi connectivity index (χ3n) is 3.57. The summed E-state index contributed by atoms with van der Waals surface area (Å²) in [4.78, 5) is 2.48. The second-order valence-corrected chi connectivity index (χ2v) is 5.10. The topological polar surface area (TPSA) is 15.3 Å². The monoisotopic (exact) mass is 244 g/mol. The number of nitrogens with one attached hydrogen (secondary N) is 1. The van der Waals surface area contributed by atoms with Crippen LogP contribution < -0.4 is 5.32 Å². The molecular formula is C16H24N2. The molecule has 0 amide bonds. The van der Waals surface area contributed by atoms with Gasteiger partial charge in [0, 0.05) is 25.7 Å². The highest BCUT2D eigenvalue weighted by atomic mass is 15.1. The summed E-state index contributed by atoms with van der Waals surface area (Å²) < 4.78 is 0. The van der Waals surface area contributed by atoms with Crippen molar-refractivity contribution < 1.29 is 0 Å². The zero-order chi connectivity index (χ0) is 12.8. The van der Waals surface area contributed by atoms with E-state index >= 15 is 0 Å². The molecule has 0 aliphatic carbocycles. The minimum absolute atomic E-state index is 0.575. The van der Waals surface area contributed by atoms with Crippen LogP contribution in [0.5, 0.6) is 0 Å². The number of rotatable bonds is 6. The third kappa shape index (κ3) is 3.44. The maximum Gasteiger partial charge on any atom is 0.0238 e. The van der Waals surface area contributed by atoms with Crippen molar-refractivity contribution in [3.05, 3.63) is 48.0 Å². The lowest BCUT2D eigenvalue weighted by atomic mass is 9.95. The standard InChI is InChI=1S/C16H24N2/c1-3-9-18(10-4-2)13-16-11-14-7-5-6-8-15(14)12-17-16/h3,5-8,16-17H,1,4,9-13H2,2H3. The summed E-state index contributed by atoms with van der Waals surface area (Å²) in [6.45, 7) is 10.4. The van der Waals surface area contributed by atoms with E-state index in [1.807, 2.05) is 6.08 Å². The van der Waals surface area contributed by atoms with Crippen molar-refractivity contribution in [1.82, 2.24) is 10.2 Å². The van der Waals surface area contributed by atoms with Gasteiger partial charge in [-0.25, -0.2) is 0 Å². The van der Waals surface area contributed by atoms with Gasteiger partial charge in [-0.1, -0.05) is 37.3 Å². The molecule has 0 radical (unpaired) electrons. The smallest absolute Gasteiger partial charge is 0.0238 e. The quantitative estimate of drug-likeness (QED) is 0.774. The fraction of sp³-hybridized carbons (Fsp3) is 0.500. The van der Waals surface area contributed by atoms with Gasteiger partial charge < -0.3 is 5.32 Å². The molecule has 1 aromatic rings. The van der Waals surface area contributed by atoms with E-state index < -0.39 is 0 Å². The van der Waals surface area contributed by atoms with Crippen molar-refractivity contribution in [2.45, 2.75) is 32.4 Å². The van der Waals surface area contributed by atoms with Crippen LogP contribution in [0.4, 0.5) is 0 Å². The normalized spacial score (nSPS) is 18.7. The molecule has 2 nitrogen and oxygen atoms in total. The molecule has 0 bridgehead atoms. The van der Waals surface area contributed by atoms with E-state index in [1.165, 1.54) is 17.5 Å². The maximum atomic E-state index is 3.85. The SMILES string of the molecule is C=CCN(CCC)CC1Cc2ccccc2CN1. The van der Waals surface area contributed by atoms with Crippen molar-refractivity contribution >= 4 is 0 Å². The van der Waals surface area contributed by atoms with Crippen LogP contribution in [-0.2, 0) is 13.0 Å². The van der Waals surface area contributed by atoms with Crippen LogP contribution in [0.25, 0.3) is 0 Å². The van der Waals surface area contributed by atoms with Gasteiger partial charge in [-0.05, 0) is 30.5 Å². The van der Waals surface area contributed by atoms with Gasteiger partial charge in [-0.15, -0.1) is 6.58 Å². The lowest BCUT2D eigenvalue weighted by Crippen LogP contribution is -2.45. The Labute approximate surface area is 111 Å². The first-order chi connectivity index (χ1) is 8.83. The van der Waals surface area contributed by atoms with Gasteiger partial charge in [0.25, 0.3) is 0 Å². The van der Waals surface area contributed by atoms with Crippen molar-refractivity contribution in [3.8, 4) is 0 Å². The predicted molar refractivity (Wildman–Crippen MR) is 77.7 cm³/mol. The van der Waals surface area contributed by atoms with E-state index in [1.54, 1.807) is 0 Å². The Balaban J connectivity index is 1.93. The van der Waals surface area contributed by atoms with Crippen LogP contribution in [0.2, 0.25) is 0 Å². The summed E-state index contributed by atoms with van der Waals surface area (Å²) in [5.41, 5.74) is 2.97. The molecule has 2 heteroatoms. The van der Waals surface area contributed by atoms with Gasteiger partial charge in [0.2, 0.25) is 0 Å². The van der Waals surface area contributed by atoms with E-state index in [-0.39, 0.29) is 0 Å². The van der Waals surface area contributed by atoms with Crippen molar-refractivity contribution in [2.75, 3.05) is 19.6 Å². The average molecular weight is 244 g/mol. The molecule has 0 aromatic heterocycles. The predicted octanol–water partition coefficient (Wildman–Crippen LogP) is 2.60. The van der Waals surface area contributed by atoms with Gasteiger partial charge in [0.1, 0.15) is 0 Å². The highest BCUT2D eigenvalue weighted by molar-refractivity contribution is 5.29. The summed E-state index contributed by atoms with van der Waals surface area (Å²) in [5, 5.41) is 3.65. The van der Waals surface area contributed by atoms with E-state index in [0.717, 1.165) is 32.6 Å². The van der Waals surface area contributed by atoms with E-state index in [2.05, 4.69) is 48.0 Å². The first-order valence-electron chi connectivity index (χ1n) is 6.97. The van der Waals surface area contributed by atoms with Crippen LogP contribution in [-0.4, -0.2) is 30.6 Å². The first-order valence-corrected chi connectivity index (χ1v) is 6.97. The van der Waals surface area contributed by atoms with E-state index in [0.29, 0.717) is 6.04 Å². The Morgan fingerprint density at radius 2 is 2.17 bits per heavy atom. The summed E-state index contributed by atoms with van der Waals surface area (Å²) in [7, 11) is 0. The summed E-state index contributed by atoms with van der Waals surface area (Å²) in [6, 6.07) is 9.34. The lowest BCUT2D eigenvalue weighted by Gasteiger charge is -2.31. The van der Waals surface area contributed by atoms with Gasteiger partial charge in [-0.2, -0.15) is 0 Å². The summed E-state index contributed by atoms with van der Waals surface area (Å²) in [5.74, 6) is 0. The molecule has 0 fully saturated rings. The largest absolute Gasteiger partial charge is 0.308 e. The van der Waals surface area contributed by atoms with Gasteiger partial charge in [0.15, 0.2) is 0 Å². The second kappa shape index (κ2) is 6.72. The number of fused-ring (bicyclic) bond motifs is 1. The third-order valence-corrected chi connectivity index (χ3v) is 3.57. The average Bonchev–Trinajstić information content (AvgIpc) is 2.39. The molecule has 1 N–H and O–H groups in total. The molecule has 1 heterocycles. The number of nitrogens with zero attached hydrogens (tertiary/aromatic N) is 1. The van der Waals surface area contributed by atoms with Crippen molar-refractivity contribution in [1.29, 1.82) is 0 Å². The minimum atomic E-state index is 0.575. The molecular weight excluding hydrogens is 220 g/mol. The fourth-order valence-corrected chi connectivity index (χ4v) is 2.72. The Bertz CT molecular complexity index is 386. The van der Waals surface area contributed by atoms with Crippen LogP contribution in [0.1, 0.15) is 24.5 Å². The highest BCUT2D eigenvalue weighted by Crippen LogP contribution is 2.16. The van der Waals surface area contributed by atoms with Gasteiger partial charge >= 0.3 is 0 Å². The molecule has 2 rings (SSSR count). The molecule has 1 aliphatic rings. The van der Waals surface area contributed by atoms with Crippen molar-refractivity contribution in [2.24, 2.45) is 0 Å². The minimum Gasteiger partial charge on any atom is -0.308 e. The number of benzene rings is 1. The van der Waals surface area contributed by atoms with E-state index in [4.69, 9.17) is 0 Å². The summed E-state index contributed by atoms with van der Waals surface area (Å²) >= 11 is 0. The molecule has 0 saturated carbocycles. The van der Waals surface area contributed by atoms with Crippen LogP contribution in [0.15, 0.2) is 36.9 Å². The molecule has 1 atom stereocenters. The van der Waals surface area contributed by atoms with Crippen LogP contribution in [0.3, 0.4) is 0 Å². The molecule has 0 saturated heterocycles. The zero-order valence-corrected chi connectivity index (χ0v) is 11.4. The van der Waals surface area contributed by atoms with Gasteiger partial charge in [-0.3, -0.25) is 4.90 Å². The van der Waals surface area contributed by atoms with Crippen LogP contribution in [0, 0.1) is 0 Å². The second-order valence-electron chi connectivity index (χ2n) is 5.10. The molecule has 18 heavy (non-hydrogen) atoms. The number of hydrogen-bond acceptors (Lipinski definition) is 2. The van der Waals surface area contributed by atoms with Crippen molar-refractivity contribution in [3.63, 3.8) is 0 Å². The van der Waals surface area contributed by atoms with Gasteiger partial charge in [0.05, 0.1) is 0 Å². The molecule has 0 spiro atoms. The fourth-order valence-electron chi connectivity index (χ4n) is 2.72.